The van der Waals surface area contributed by atoms with Gasteiger partial charge in [-0.2, -0.15) is 0 Å². The van der Waals surface area contributed by atoms with Crippen LogP contribution in [0.3, 0.4) is 0 Å². The molecule has 0 fully saturated rings. The van der Waals surface area contributed by atoms with E-state index in [4.69, 9.17) is 9.84 Å². The predicted octanol–water partition coefficient (Wildman–Crippen LogP) is 2.82. The zero-order valence-corrected chi connectivity index (χ0v) is 13.2. The van der Waals surface area contributed by atoms with Crippen LogP contribution in [-0.4, -0.2) is 48.6 Å². The molecule has 0 aliphatic carbocycles. The lowest BCUT2D eigenvalue weighted by molar-refractivity contribution is -0.141. The van der Waals surface area contributed by atoms with Crippen LogP contribution in [0.5, 0.6) is 5.75 Å². The van der Waals surface area contributed by atoms with E-state index in [1.807, 2.05) is 0 Å². The molecule has 2 amide bonds. The molecule has 128 valence electrons. The zero-order chi connectivity index (χ0) is 17.6. The number of alkyl halides is 2. The maximum Gasteiger partial charge on any atom is 0.321 e. The number of hydrogen-bond acceptors (Lipinski definition) is 3. The van der Waals surface area contributed by atoms with E-state index in [1.165, 1.54) is 24.9 Å². The molecule has 0 saturated carbocycles. The third-order valence-corrected chi connectivity index (χ3v) is 3.12. The Kier molecular flexibility index (Phi) is 6.74. The van der Waals surface area contributed by atoms with Crippen LogP contribution in [0.4, 0.5) is 19.3 Å². The fourth-order valence-electron chi connectivity index (χ4n) is 1.78. The van der Waals surface area contributed by atoms with Gasteiger partial charge in [0, 0.05) is 25.3 Å². The Bertz CT molecular complexity index is 566. The zero-order valence-electron chi connectivity index (χ0n) is 13.2. The number of anilines is 1. The smallest absolute Gasteiger partial charge is 0.321 e. The number of halogens is 2. The van der Waals surface area contributed by atoms with Crippen LogP contribution in [0.25, 0.3) is 0 Å². The van der Waals surface area contributed by atoms with E-state index in [0.29, 0.717) is 11.3 Å². The van der Waals surface area contributed by atoms with Gasteiger partial charge < -0.3 is 20.1 Å². The van der Waals surface area contributed by atoms with Gasteiger partial charge in [-0.3, -0.25) is 4.79 Å². The second kappa shape index (κ2) is 8.30. The summed E-state index contributed by atoms with van der Waals surface area (Å²) in [5.41, 5.74) is 1.04. The molecular weight excluding hydrogens is 310 g/mol. The van der Waals surface area contributed by atoms with Crippen molar-refractivity contribution in [3.05, 3.63) is 23.8 Å². The van der Waals surface area contributed by atoms with Crippen LogP contribution < -0.4 is 10.1 Å². The summed E-state index contributed by atoms with van der Waals surface area (Å²) in [5.74, 6) is -1.44. The monoisotopic (exact) mass is 330 g/mol. The average Bonchev–Trinajstić information content (AvgIpc) is 2.47. The molecule has 8 heteroatoms. The van der Waals surface area contributed by atoms with Crippen LogP contribution in [0.15, 0.2) is 18.2 Å². The minimum absolute atomic E-state index is 0.0434. The van der Waals surface area contributed by atoms with Crippen molar-refractivity contribution in [1.29, 1.82) is 0 Å². The van der Waals surface area contributed by atoms with Crippen LogP contribution in [0, 0.1) is 12.8 Å². The van der Waals surface area contributed by atoms with Crippen molar-refractivity contribution in [2.45, 2.75) is 20.3 Å². The van der Waals surface area contributed by atoms with Gasteiger partial charge in [0.15, 0.2) is 0 Å². The molecule has 0 spiro atoms. The highest BCUT2D eigenvalue weighted by atomic mass is 19.3. The molecule has 0 aliphatic rings. The van der Waals surface area contributed by atoms with Crippen molar-refractivity contribution in [3.8, 4) is 5.75 Å². The van der Waals surface area contributed by atoms with Gasteiger partial charge in [-0.05, 0) is 18.6 Å². The molecule has 0 saturated heterocycles. The van der Waals surface area contributed by atoms with E-state index in [2.05, 4.69) is 5.32 Å². The molecule has 1 aromatic carbocycles. The van der Waals surface area contributed by atoms with Crippen molar-refractivity contribution < 1.29 is 28.2 Å². The van der Waals surface area contributed by atoms with Gasteiger partial charge >= 0.3 is 12.0 Å². The minimum Gasteiger partial charge on any atom is -0.487 e. The first kappa shape index (κ1) is 18.7. The first-order valence-electron chi connectivity index (χ1n) is 6.97. The SMILES string of the molecule is Cc1ccc(NC(=O)N(C)CC(C)C(=O)O)cc1OCC(F)F. The molecule has 0 aromatic heterocycles. The van der Waals surface area contributed by atoms with E-state index >= 15 is 0 Å². The van der Waals surface area contributed by atoms with E-state index in [1.54, 1.807) is 19.1 Å². The number of carboxylic acids is 1. The molecule has 0 radical (unpaired) electrons. The summed E-state index contributed by atoms with van der Waals surface area (Å²) in [6.45, 7) is 2.51. The standard InChI is InChI=1S/C15H20F2N2O4/c1-9-4-5-11(6-12(9)23-8-13(16)17)18-15(22)19(3)7-10(2)14(20)21/h4-6,10,13H,7-8H2,1-3H3,(H,18,22)(H,20,21). The Balaban J connectivity index is 2.70. The summed E-state index contributed by atoms with van der Waals surface area (Å²) in [6.07, 6.45) is -2.59. The molecule has 2 N–H and O–H groups in total. The highest BCUT2D eigenvalue weighted by Crippen LogP contribution is 2.23. The molecule has 6 nitrogen and oxygen atoms in total. The van der Waals surface area contributed by atoms with Crippen LogP contribution in [0.1, 0.15) is 12.5 Å². The number of hydrogen-bond donors (Lipinski definition) is 2. The van der Waals surface area contributed by atoms with Gasteiger partial charge in [0.05, 0.1) is 5.92 Å². The van der Waals surface area contributed by atoms with E-state index in [0.717, 1.165) is 0 Å². The number of carboxylic acid groups (broad SMARTS) is 1. The van der Waals surface area contributed by atoms with Gasteiger partial charge in [0.2, 0.25) is 0 Å². The Morgan fingerprint density at radius 1 is 1.39 bits per heavy atom. The fraction of sp³-hybridized carbons (Fsp3) is 0.467. The Morgan fingerprint density at radius 2 is 2.04 bits per heavy atom. The lowest BCUT2D eigenvalue weighted by Gasteiger charge is -2.20. The third-order valence-electron chi connectivity index (χ3n) is 3.12. The lowest BCUT2D eigenvalue weighted by atomic mass is 10.2. The maximum atomic E-state index is 12.2. The van der Waals surface area contributed by atoms with Gasteiger partial charge in [0.1, 0.15) is 12.4 Å². The molecule has 1 rings (SSSR count). The van der Waals surface area contributed by atoms with Crippen molar-refractivity contribution in [1.82, 2.24) is 4.90 Å². The summed E-state index contributed by atoms with van der Waals surface area (Å²) in [7, 11) is 1.47. The predicted molar refractivity (Wildman–Crippen MR) is 81.1 cm³/mol. The van der Waals surface area contributed by atoms with Gasteiger partial charge in [-0.1, -0.05) is 13.0 Å². The van der Waals surface area contributed by atoms with Crippen LogP contribution in [-0.2, 0) is 4.79 Å². The number of carbonyl (C=O) groups excluding carboxylic acids is 1. The third kappa shape index (κ3) is 6.09. The minimum atomic E-state index is -2.59. The number of rotatable bonds is 7. The number of urea groups is 1. The highest BCUT2D eigenvalue weighted by Gasteiger charge is 2.17. The summed E-state index contributed by atoms with van der Waals surface area (Å²) < 4.78 is 29.4. The Morgan fingerprint density at radius 3 is 2.61 bits per heavy atom. The molecule has 1 aromatic rings. The summed E-state index contributed by atoms with van der Waals surface area (Å²) in [5, 5.41) is 11.4. The second-order valence-electron chi connectivity index (χ2n) is 5.23. The summed E-state index contributed by atoms with van der Waals surface area (Å²) >= 11 is 0. The number of ether oxygens (including phenoxy) is 1. The average molecular weight is 330 g/mol. The molecule has 0 heterocycles. The maximum absolute atomic E-state index is 12.2. The first-order chi connectivity index (χ1) is 10.7. The van der Waals surface area contributed by atoms with Gasteiger partial charge in [0.25, 0.3) is 6.43 Å². The van der Waals surface area contributed by atoms with Crippen LogP contribution >= 0.6 is 0 Å². The van der Waals surface area contributed by atoms with E-state index < -0.39 is 31.0 Å². The quantitative estimate of drug-likeness (QED) is 0.806. The summed E-state index contributed by atoms with van der Waals surface area (Å²) in [4.78, 5) is 24.0. The van der Waals surface area contributed by atoms with Gasteiger partial charge in [-0.15, -0.1) is 0 Å². The normalized spacial score (nSPS) is 11.9. The Labute approximate surface area is 133 Å². The van der Waals surface area contributed by atoms with Crippen molar-refractivity contribution >= 4 is 17.7 Å². The van der Waals surface area contributed by atoms with Crippen molar-refractivity contribution in [2.75, 3.05) is 25.5 Å². The number of aliphatic carboxylic acids is 1. The molecule has 0 aliphatic heterocycles. The van der Waals surface area contributed by atoms with E-state index in [9.17, 15) is 18.4 Å². The molecule has 23 heavy (non-hydrogen) atoms. The highest BCUT2D eigenvalue weighted by molar-refractivity contribution is 5.89. The van der Waals surface area contributed by atoms with Crippen molar-refractivity contribution in [2.24, 2.45) is 5.92 Å². The topological polar surface area (TPSA) is 78.9 Å². The number of benzene rings is 1. The largest absolute Gasteiger partial charge is 0.487 e. The second-order valence-corrected chi connectivity index (χ2v) is 5.23. The van der Waals surface area contributed by atoms with Crippen LogP contribution in [0.2, 0.25) is 0 Å². The van der Waals surface area contributed by atoms with Crippen molar-refractivity contribution in [3.63, 3.8) is 0 Å². The Hall–Kier alpha value is -2.38. The number of nitrogens with one attached hydrogen (secondary N) is 1. The summed E-state index contributed by atoms with van der Waals surface area (Å²) in [6, 6.07) is 4.19. The number of nitrogens with zero attached hydrogens (tertiary/aromatic N) is 1. The molecular formula is C15H20F2N2O4. The number of aryl methyl sites for hydroxylation is 1. The first-order valence-corrected chi connectivity index (χ1v) is 6.97. The number of carbonyl (C=O) groups is 2. The van der Waals surface area contributed by atoms with E-state index in [-0.39, 0.29) is 12.3 Å². The van der Waals surface area contributed by atoms with Gasteiger partial charge in [-0.25, -0.2) is 13.6 Å². The molecule has 0 bridgehead atoms. The number of amides is 2. The lowest BCUT2D eigenvalue weighted by Crippen LogP contribution is -2.36. The molecule has 1 atom stereocenters. The molecule has 1 unspecified atom stereocenters. The fourth-order valence-corrected chi connectivity index (χ4v) is 1.78.